The average molecular weight is 187 g/mol. The van der Waals surface area contributed by atoms with Crippen molar-refractivity contribution >= 4 is 16.7 Å². The van der Waals surface area contributed by atoms with Gasteiger partial charge in [0.25, 0.3) is 0 Å². The summed E-state index contributed by atoms with van der Waals surface area (Å²) < 4.78 is 0. The predicted octanol–water partition coefficient (Wildman–Crippen LogP) is 2.61. The van der Waals surface area contributed by atoms with Gasteiger partial charge in [0.15, 0.2) is 0 Å². The van der Waals surface area contributed by atoms with E-state index in [0.29, 0.717) is 6.42 Å². The lowest BCUT2D eigenvalue weighted by molar-refractivity contribution is -0.116. The Kier molecular flexibility index (Phi) is 2.27. The van der Waals surface area contributed by atoms with Crippen molar-refractivity contribution in [1.82, 2.24) is 4.98 Å². The van der Waals surface area contributed by atoms with E-state index in [2.05, 4.69) is 4.98 Å². The Labute approximate surface area is 84.1 Å². The number of carbonyl (C=O) groups excluding carboxylic acids is 1. The summed E-state index contributed by atoms with van der Waals surface area (Å²) in [6.07, 6.45) is 2.28. The van der Waals surface area contributed by atoms with Crippen LogP contribution in [0.2, 0.25) is 0 Å². The van der Waals surface area contributed by atoms with E-state index in [9.17, 15) is 4.79 Å². The molecule has 0 N–H and O–H groups in total. The summed E-state index contributed by atoms with van der Waals surface area (Å²) in [6.45, 7) is 1.60. The van der Waals surface area contributed by atoms with Crippen LogP contribution in [0.3, 0.4) is 0 Å². The molecule has 0 saturated carbocycles. The number of pyridine rings is 1. The van der Waals surface area contributed by atoms with Gasteiger partial charge >= 0.3 is 0 Å². The fourth-order valence-electron chi connectivity index (χ4n) is 1.52. The van der Waals surface area contributed by atoms with E-state index < -0.39 is 0 Å². The van der Waals surface area contributed by atoms with E-state index >= 15 is 0 Å². The summed E-state index contributed by atoms with van der Waals surface area (Å²) in [7, 11) is 0. The maximum Gasteiger partial charge on any atom is 0.134 e. The topological polar surface area (TPSA) is 30.0 Å². The third-order valence-corrected chi connectivity index (χ3v) is 2.12. The number of rotatable bonds is 2. The first-order valence-corrected chi connectivity index (χ1v) is 4.59. The molecule has 0 unspecified atom stereocenters. The molecule has 1 aromatic heterocycles. The molecule has 2 rings (SSSR count). The lowest BCUT2D eigenvalue weighted by atomic mass is 10.1. The second kappa shape index (κ2) is 3.58. The van der Waals surface area contributed by atoms with Gasteiger partial charge in [-0.05, 0) is 30.7 Å². The van der Waals surface area contributed by atoms with Gasteiger partial charge in [0, 0.05) is 19.4 Å². The summed E-state index contributed by atoms with van der Waals surface area (Å²) in [5, 5.41) is 1.09. The third-order valence-electron chi connectivity index (χ3n) is 2.12. The lowest BCUT2D eigenvalue weighted by Crippen LogP contribution is -1.95. The Bertz CT molecular complexity index is 482. The highest BCUT2D eigenvalue weighted by Gasteiger charge is 1.99. The summed E-state index contributed by atoms with van der Waals surface area (Å²) in [5.74, 6) is 0.188. The van der Waals surface area contributed by atoms with Crippen molar-refractivity contribution in [3.63, 3.8) is 0 Å². The number of carbonyl (C=O) groups is 1. The number of Topliss-reactive ketones (excluding diaryl/α,β-unsaturated/α-hetero) is 1. The maximum atomic E-state index is 10.9. The summed E-state index contributed by atoms with van der Waals surface area (Å²) >= 11 is 0. The highest BCUT2D eigenvalue weighted by atomic mass is 16.1. The number of benzene rings is 1. The molecule has 72 valence electrons. The van der Waals surface area contributed by atoms with Crippen LogP contribution >= 0.6 is 0 Å². The zero-order valence-corrected chi connectivity index (χ0v) is 8.03. The van der Waals surface area contributed by atoms with Gasteiger partial charge in [0.2, 0.25) is 0 Å². The van der Waals surface area contributed by atoms with Gasteiger partial charge in [0.05, 0.1) is 5.52 Å². The molecule has 0 bridgehead atoms. The Morgan fingerprint density at radius 1 is 1.43 bits per heavy atom. The van der Waals surface area contributed by atoms with E-state index in [1.54, 1.807) is 13.1 Å². The van der Waals surface area contributed by atoms with Crippen molar-refractivity contribution in [3.05, 3.63) is 42.1 Å². The molecule has 0 atom stereocenters. The molecule has 0 aliphatic heterocycles. The van der Waals surface area contributed by atoms with E-state index in [-0.39, 0.29) is 7.21 Å². The number of fused-ring (bicyclic) bond motifs is 1. The fourth-order valence-corrected chi connectivity index (χ4v) is 1.52. The standard InChI is InChI=1S/C12H11NO.H2/c1-9(14)7-10-4-5-12-11(8-10)3-2-6-13-12;/h2-6,8H,7H2,1H3;1H. The van der Waals surface area contributed by atoms with Crippen molar-refractivity contribution in [3.8, 4) is 0 Å². The molecule has 0 radical (unpaired) electrons. The van der Waals surface area contributed by atoms with Gasteiger partial charge in [-0.3, -0.25) is 9.78 Å². The van der Waals surface area contributed by atoms with Crippen LogP contribution in [0.1, 0.15) is 13.9 Å². The van der Waals surface area contributed by atoms with Crippen LogP contribution in [-0.2, 0) is 11.2 Å². The molecule has 2 nitrogen and oxygen atoms in total. The lowest BCUT2D eigenvalue weighted by Gasteiger charge is -2.00. The first kappa shape index (κ1) is 8.88. The molecule has 14 heavy (non-hydrogen) atoms. The monoisotopic (exact) mass is 187 g/mol. The van der Waals surface area contributed by atoms with E-state index in [1.165, 1.54) is 0 Å². The highest BCUT2D eigenvalue weighted by molar-refractivity contribution is 5.82. The molecule has 0 aliphatic rings. The molecular formula is C12H13NO. The van der Waals surface area contributed by atoms with Crippen LogP contribution in [0, 0.1) is 0 Å². The Morgan fingerprint density at radius 3 is 3.07 bits per heavy atom. The minimum Gasteiger partial charge on any atom is -0.300 e. The Morgan fingerprint density at radius 2 is 2.29 bits per heavy atom. The van der Waals surface area contributed by atoms with E-state index in [0.717, 1.165) is 16.5 Å². The summed E-state index contributed by atoms with van der Waals surface area (Å²) in [5.41, 5.74) is 2.03. The SMILES string of the molecule is CC(=O)Cc1ccc2ncccc2c1.[HH]. The molecule has 0 amide bonds. The van der Waals surface area contributed by atoms with Crippen LogP contribution in [0.25, 0.3) is 10.9 Å². The number of nitrogens with zero attached hydrogens (tertiary/aromatic N) is 1. The van der Waals surface area contributed by atoms with E-state index in [4.69, 9.17) is 0 Å². The predicted molar refractivity (Wildman–Crippen MR) is 58.2 cm³/mol. The third kappa shape index (κ3) is 1.79. The fraction of sp³-hybridized carbons (Fsp3) is 0.167. The minimum atomic E-state index is 0. The van der Waals surface area contributed by atoms with Gasteiger partial charge in [0.1, 0.15) is 5.78 Å². The molecule has 0 spiro atoms. The molecular weight excluding hydrogens is 174 g/mol. The maximum absolute atomic E-state index is 10.9. The van der Waals surface area contributed by atoms with Crippen molar-refractivity contribution < 1.29 is 6.22 Å². The molecule has 0 aliphatic carbocycles. The average Bonchev–Trinajstić information content (AvgIpc) is 2.17. The van der Waals surface area contributed by atoms with Gasteiger partial charge in [-0.25, -0.2) is 0 Å². The van der Waals surface area contributed by atoms with Gasteiger partial charge in [-0.2, -0.15) is 0 Å². The minimum absolute atomic E-state index is 0. The number of aromatic nitrogens is 1. The second-order valence-corrected chi connectivity index (χ2v) is 3.41. The van der Waals surface area contributed by atoms with Crippen LogP contribution in [0.5, 0.6) is 0 Å². The molecule has 0 fully saturated rings. The number of ketones is 1. The van der Waals surface area contributed by atoms with Crippen LogP contribution in [0.4, 0.5) is 0 Å². The molecule has 2 heteroatoms. The first-order chi connectivity index (χ1) is 6.75. The van der Waals surface area contributed by atoms with Crippen molar-refractivity contribution in [2.75, 3.05) is 0 Å². The zero-order chi connectivity index (χ0) is 9.97. The smallest absolute Gasteiger partial charge is 0.134 e. The van der Waals surface area contributed by atoms with E-state index in [1.807, 2.05) is 30.3 Å². The van der Waals surface area contributed by atoms with Gasteiger partial charge < -0.3 is 0 Å². The second-order valence-electron chi connectivity index (χ2n) is 3.41. The molecule has 2 aromatic rings. The largest absolute Gasteiger partial charge is 0.300 e. The Hall–Kier alpha value is -1.70. The van der Waals surface area contributed by atoms with Crippen LogP contribution < -0.4 is 0 Å². The highest BCUT2D eigenvalue weighted by Crippen LogP contribution is 2.13. The first-order valence-electron chi connectivity index (χ1n) is 4.59. The molecule has 1 aromatic carbocycles. The number of hydrogen-bond donors (Lipinski definition) is 0. The van der Waals surface area contributed by atoms with Crippen molar-refractivity contribution in [2.24, 2.45) is 0 Å². The Balaban J connectivity index is 0.00000112. The normalized spacial score (nSPS) is 10.4. The summed E-state index contributed by atoms with van der Waals surface area (Å²) in [6, 6.07) is 9.83. The van der Waals surface area contributed by atoms with Gasteiger partial charge in [-0.1, -0.05) is 12.1 Å². The van der Waals surface area contributed by atoms with Crippen LogP contribution in [0.15, 0.2) is 36.5 Å². The molecule has 0 saturated heterocycles. The number of hydrogen-bond acceptors (Lipinski definition) is 2. The van der Waals surface area contributed by atoms with Gasteiger partial charge in [-0.15, -0.1) is 0 Å². The molecule has 1 heterocycles. The van der Waals surface area contributed by atoms with Crippen molar-refractivity contribution in [2.45, 2.75) is 13.3 Å². The van der Waals surface area contributed by atoms with Crippen molar-refractivity contribution in [1.29, 1.82) is 0 Å². The quantitative estimate of drug-likeness (QED) is 0.723. The summed E-state index contributed by atoms with van der Waals surface area (Å²) in [4.78, 5) is 15.2. The zero-order valence-electron chi connectivity index (χ0n) is 8.03. The van der Waals surface area contributed by atoms with Crippen LogP contribution in [-0.4, -0.2) is 10.8 Å².